The van der Waals surface area contributed by atoms with Crippen molar-refractivity contribution in [1.29, 1.82) is 0 Å². The summed E-state index contributed by atoms with van der Waals surface area (Å²) in [6.45, 7) is 4.43. The lowest BCUT2D eigenvalue weighted by Crippen LogP contribution is -2.22. The Morgan fingerprint density at radius 3 is 2.60 bits per heavy atom. The molecule has 0 saturated heterocycles. The van der Waals surface area contributed by atoms with Crippen LogP contribution < -0.4 is 15.8 Å². The summed E-state index contributed by atoms with van der Waals surface area (Å²) in [6, 6.07) is 6.25. The fourth-order valence-electron chi connectivity index (χ4n) is 2.29. The van der Waals surface area contributed by atoms with E-state index in [4.69, 9.17) is 22.7 Å². The van der Waals surface area contributed by atoms with Crippen LogP contribution in [0.4, 0.5) is 5.69 Å². The smallest absolute Gasteiger partial charge is 0.120 e. The summed E-state index contributed by atoms with van der Waals surface area (Å²) in [4.78, 5) is 0.417. The first-order valence-electron chi connectivity index (χ1n) is 7.36. The zero-order chi connectivity index (χ0) is 15.0. The van der Waals surface area contributed by atoms with Crippen molar-refractivity contribution in [2.45, 2.75) is 52.0 Å². The van der Waals surface area contributed by atoms with E-state index in [1.807, 2.05) is 18.2 Å². The summed E-state index contributed by atoms with van der Waals surface area (Å²) in [5.41, 5.74) is 7.67. The highest BCUT2D eigenvalue weighted by molar-refractivity contribution is 7.80. The zero-order valence-electron chi connectivity index (χ0n) is 12.7. The van der Waals surface area contributed by atoms with Gasteiger partial charge >= 0.3 is 0 Å². The molecule has 1 atom stereocenters. The van der Waals surface area contributed by atoms with Crippen LogP contribution in [0.2, 0.25) is 0 Å². The molecule has 1 aromatic rings. The fourth-order valence-corrected chi connectivity index (χ4v) is 2.47. The predicted molar refractivity (Wildman–Crippen MR) is 90.7 cm³/mol. The van der Waals surface area contributed by atoms with Gasteiger partial charge in [-0.2, -0.15) is 0 Å². The first-order valence-corrected chi connectivity index (χ1v) is 7.77. The lowest BCUT2D eigenvalue weighted by atomic mass is 10.0. The number of rotatable bonds is 9. The van der Waals surface area contributed by atoms with Crippen molar-refractivity contribution in [1.82, 2.24) is 0 Å². The van der Waals surface area contributed by atoms with Crippen LogP contribution in [0.1, 0.15) is 51.5 Å². The van der Waals surface area contributed by atoms with Gasteiger partial charge in [0.15, 0.2) is 0 Å². The molecule has 0 fully saturated rings. The average molecular weight is 294 g/mol. The lowest BCUT2D eigenvalue weighted by molar-refractivity contribution is 0.415. The van der Waals surface area contributed by atoms with Gasteiger partial charge in [0, 0.05) is 23.4 Å². The Morgan fingerprint density at radius 2 is 2.05 bits per heavy atom. The monoisotopic (exact) mass is 294 g/mol. The first kappa shape index (κ1) is 16.8. The van der Waals surface area contributed by atoms with E-state index in [1.54, 1.807) is 7.11 Å². The second-order valence-electron chi connectivity index (χ2n) is 5.05. The number of anilines is 1. The minimum absolute atomic E-state index is 0.417. The maximum atomic E-state index is 5.81. The minimum atomic E-state index is 0.417. The molecule has 1 aromatic carbocycles. The van der Waals surface area contributed by atoms with Gasteiger partial charge in [0.25, 0.3) is 0 Å². The Bertz CT molecular complexity index is 434. The van der Waals surface area contributed by atoms with E-state index in [-0.39, 0.29) is 0 Å². The molecule has 0 aliphatic rings. The standard InChI is InChI=1S/C16H26N2OS/c1-4-6-8-12(7-5-2)18-15-11-13(19-3)9-10-14(15)16(17)20/h9-12,18H,4-8H2,1-3H3,(H2,17,20). The van der Waals surface area contributed by atoms with Crippen molar-refractivity contribution in [3.8, 4) is 5.75 Å². The van der Waals surface area contributed by atoms with Crippen molar-refractivity contribution >= 4 is 22.9 Å². The maximum Gasteiger partial charge on any atom is 0.120 e. The molecule has 3 nitrogen and oxygen atoms in total. The van der Waals surface area contributed by atoms with Crippen LogP contribution >= 0.6 is 12.2 Å². The third-order valence-electron chi connectivity index (χ3n) is 3.40. The Labute approximate surface area is 127 Å². The van der Waals surface area contributed by atoms with Gasteiger partial charge in [0.05, 0.1) is 7.11 Å². The molecule has 3 N–H and O–H groups in total. The van der Waals surface area contributed by atoms with Crippen LogP contribution in [0.25, 0.3) is 0 Å². The van der Waals surface area contributed by atoms with Gasteiger partial charge in [-0.3, -0.25) is 0 Å². The van der Waals surface area contributed by atoms with E-state index in [9.17, 15) is 0 Å². The molecule has 4 heteroatoms. The van der Waals surface area contributed by atoms with Gasteiger partial charge in [0.1, 0.15) is 10.7 Å². The molecule has 0 aliphatic heterocycles. The Balaban J connectivity index is 2.93. The molecule has 0 saturated carbocycles. The van der Waals surface area contributed by atoms with Crippen molar-refractivity contribution < 1.29 is 4.74 Å². The highest BCUT2D eigenvalue weighted by Crippen LogP contribution is 2.25. The van der Waals surface area contributed by atoms with Gasteiger partial charge in [-0.1, -0.05) is 45.3 Å². The SMILES string of the molecule is CCCCC(CCC)Nc1cc(OC)ccc1C(N)=S. The number of methoxy groups -OCH3 is 1. The second-order valence-corrected chi connectivity index (χ2v) is 5.49. The minimum Gasteiger partial charge on any atom is -0.497 e. The number of hydrogen-bond donors (Lipinski definition) is 2. The summed E-state index contributed by atoms with van der Waals surface area (Å²) in [7, 11) is 1.67. The highest BCUT2D eigenvalue weighted by atomic mass is 32.1. The number of unbranched alkanes of at least 4 members (excludes halogenated alkanes) is 1. The van der Waals surface area contributed by atoms with E-state index in [2.05, 4.69) is 19.2 Å². The molecule has 0 aromatic heterocycles. The molecule has 0 amide bonds. The molecule has 0 heterocycles. The van der Waals surface area contributed by atoms with Crippen LogP contribution in [0.15, 0.2) is 18.2 Å². The normalized spacial score (nSPS) is 11.9. The molecule has 0 aliphatic carbocycles. The van der Waals surface area contributed by atoms with Crippen LogP contribution in [0.3, 0.4) is 0 Å². The molecule has 1 unspecified atom stereocenters. The number of nitrogens with one attached hydrogen (secondary N) is 1. The number of hydrogen-bond acceptors (Lipinski definition) is 3. The molecular formula is C16H26N2OS. The Morgan fingerprint density at radius 1 is 1.30 bits per heavy atom. The van der Waals surface area contributed by atoms with Crippen LogP contribution in [-0.4, -0.2) is 18.1 Å². The van der Waals surface area contributed by atoms with Gasteiger partial charge < -0.3 is 15.8 Å². The summed E-state index contributed by atoms with van der Waals surface area (Å²) in [5, 5.41) is 3.59. The van der Waals surface area contributed by atoms with Crippen LogP contribution in [0.5, 0.6) is 5.75 Å². The molecule has 20 heavy (non-hydrogen) atoms. The van der Waals surface area contributed by atoms with Crippen molar-refractivity contribution in [3.63, 3.8) is 0 Å². The maximum absolute atomic E-state index is 5.81. The van der Waals surface area contributed by atoms with E-state index < -0.39 is 0 Å². The van der Waals surface area contributed by atoms with E-state index >= 15 is 0 Å². The molecule has 0 bridgehead atoms. The quantitative estimate of drug-likeness (QED) is 0.673. The molecule has 112 valence electrons. The topological polar surface area (TPSA) is 47.3 Å². The Hall–Kier alpha value is -1.29. The van der Waals surface area contributed by atoms with E-state index in [1.165, 1.54) is 19.3 Å². The highest BCUT2D eigenvalue weighted by Gasteiger charge is 2.12. The Kier molecular flexibility index (Phi) is 7.37. The molecule has 0 radical (unpaired) electrons. The van der Waals surface area contributed by atoms with Gasteiger partial charge in [0.2, 0.25) is 0 Å². The van der Waals surface area contributed by atoms with Crippen molar-refractivity contribution in [2.75, 3.05) is 12.4 Å². The molecular weight excluding hydrogens is 268 g/mol. The van der Waals surface area contributed by atoms with Gasteiger partial charge in [-0.15, -0.1) is 0 Å². The van der Waals surface area contributed by atoms with Gasteiger partial charge in [-0.05, 0) is 25.0 Å². The third-order valence-corrected chi connectivity index (χ3v) is 3.62. The number of ether oxygens (including phenoxy) is 1. The number of nitrogens with two attached hydrogens (primary N) is 1. The van der Waals surface area contributed by atoms with E-state index in [0.717, 1.165) is 29.8 Å². The van der Waals surface area contributed by atoms with Crippen LogP contribution in [0, 0.1) is 0 Å². The summed E-state index contributed by atoms with van der Waals surface area (Å²) >= 11 is 5.13. The summed E-state index contributed by atoms with van der Waals surface area (Å²) < 4.78 is 5.29. The summed E-state index contributed by atoms with van der Waals surface area (Å²) in [5.74, 6) is 0.818. The number of thiocarbonyl (C=S) groups is 1. The third kappa shape index (κ3) is 5.00. The number of benzene rings is 1. The fraction of sp³-hybridized carbons (Fsp3) is 0.562. The van der Waals surface area contributed by atoms with Crippen molar-refractivity contribution in [3.05, 3.63) is 23.8 Å². The molecule has 1 rings (SSSR count). The van der Waals surface area contributed by atoms with E-state index in [0.29, 0.717) is 11.0 Å². The first-order chi connectivity index (χ1) is 9.62. The largest absolute Gasteiger partial charge is 0.497 e. The lowest BCUT2D eigenvalue weighted by Gasteiger charge is -2.21. The average Bonchev–Trinajstić information content (AvgIpc) is 2.44. The van der Waals surface area contributed by atoms with Crippen molar-refractivity contribution in [2.24, 2.45) is 5.73 Å². The van der Waals surface area contributed by atoms with Crippen LogP contribution in [-0.2, 0) is 0 Å². The second kappa shape index (κ2) is 8.80. The summed E-state index contributed by atoms with van der Waals surface area (Å²) in [6.07, 6.45) is 5.91. The predicted octanol–water partition coefficient (Wildman–Crippen LogP) is 4.10. The van der Waals surface area contributed by atoms with Gasteiger partial charge in [-0.25, -0.2) is 0 Å². The molecule has 0 spiro atoms. The zero-order valence-corrected chi connectivity index (χ0v) is 13.6.